The summed E-state index contributed by atoms with van der Waals surface area (Å²) in [5.74, 6) is 0. The van der Waals surface area contributed by atoms with Crippen LogP contribution >= 0.6 is 0 Å². The topological polar surface area (TPSA) is 85.2 Å². The number of halogens is 3. The summed E-state index contributed by atoms with van der Waals surface area (Å²) in [6, 6.07) is 99.4. The Bertz CT molecular complexity index is 5050. The molecule has 6 heterocycles. The van der Waals surface area contributed by atoms with Crippen LogP contribution in [0.3, 0.4) is 0 Å². The van der Waals surface area contributed by atoms with Crippen molar-refractivity contribution < 1.29 is 13.2 Å². The number of aryl methyl sites for hydroxylation is 1. The maximum Gasteiger partial charge on any atom is 0.417 e. The van der Waals surface area contributed by atoms with Crippen LogP contribution in [0.5, 0.6) is 0 Å². The van der Waals surface area contributed by atoms with E-state index in [-0.39, 0.29) is 16.7 Å². The lowest BCUT2D eigenvalue weighted by molar-refractivity contribution is -0.137. The van der Waals surface area contributed by atoms with Gasteiger partial charge in [0.05, 0.1) is 84.6 Å². The molecule has 7 nitrogen and oxygen atoms in total. The summed E-state index contributed by atoms with van der Waals surface area (Å²) in [4.78, 5) is 20.7. The normalized spacial score (nSPS) is 11.6. The molecule has 93 heavy (non-hydrogen) atoms. The standard InChI is InChI=1S/C83H52F3N7/c1-52-19-14-28-67(83(84,85)86)82(52)61-49-80(92-76-41-37-57(72-33-15-29-68(88-72)53-20-6-2-7-21-53)45-62(76)63-46-58(38-42-77(63)92)73-34-16-30-69(89-73)54-22-8-3-9-23-54)66(51-87)81(50-61)93-78-43-39-59(74-35-17-31-70(90-74)55-24-10-4-11-25-55)47-64(78)65-48-60(40-44-79(65)93)75-36-18-32-71(91-75)56-26-12-5-13-27-56/h2-50H,1H3. The first-order chi connectivity index (χ1) is 45.6. The molecule has 16 rings (SSSR count). The number of hydrogen-bond donors (Lipinski definition) is 0. The lowest BCUT2D eigenvalue weighted by Crippen LogP contribution is -2.10. The minimum atomic E-state index is -4.73. The van der Waals surface area contributed by atoms with Gasteiger partial charge in [-0.25, -0.2) is 19.9 Å². The zero-order valence-corrected chi connectivity index (χ0v) is 50.1. The van der Waals surface area contributed by atoms with Crippen LogP contribution in [0.2, 0.25) is 0 Å². The second kappa shape index (κ2) is 22.9. The first kappa shape index (κ1) is 56.0. The first-order valence-corrected chi connectivity index (χ1v) is 30.6. The second-order valence-electron chi connectivity index (χ2n) is 23.2. The molecule has 0 saturated carbocycles. The van der Waals surface area contributed by atoms with Gasteiger partial charge in [-0.15, -0.1) is 0 Å². The van der Waals surface area contributed by atoms with Gasteiger partial charge in [-0.1, -0.05) is 182 Å². The molecule has 0 saturated heterocycles. The van der Waals surface area contributed by atoms with E-state index in [1.165, 1.54) is 6.07 Å². The molecule has 0 spiro atoms. The van der Waals surface area contributed by atoms with Gasteiger partial charge in [-0.3, -0.25) is 0 Å². The van der Waals surface area contributed by atoms with Gasteiger partial charge in [0.25, 0.3) is 0 Å². The monoisotopic (exact) mass is 1200 g/mol. The molecule has 0 atom stereocenters. The van der Waals surface area contributed by atoms with Gasteiger partial charge in [-0.05, 0) is 139 Å². The highest BCUT2D eigenvalue weighted by Gasteiger charge is 2.35. The van der Waals surface area contributed by atoms with Gasteiger partial charge >= 0.3 is 6.18 Å². The SMILES string of the molecule is Cc1cccc(C(F)(F)F)c1-c1cc(-n2c3ccc(-c4cccc(-c5ccccc5)n4)cc3c3cc(-c4cccc(-c5ccccc5)n4)ccc32)c(C#N)c(-n2c3ccc(-c4cccc(-c5ccccc5)n4)cc3c3cc(-c4cccc(-c5ccccc5)n4)ccc32)c1. The first-order valence-electron chi connectivity index (χ1n) is 30.6. The van der Waals surface area contributed by atoms with Crippen LogP contribution in [0, 0.1) is 18.3 Å². The number of pyridine rings is 4. The highest BCUT2D eigenvalue weighted by Crippen LogP contribution is 2.46. The van der Waals surface area contributed by atoms with Gasteiger partial charge in [0.15, 0.2) is 0 Å². The molecule has 10 aromatic carbocycles. The van der Waals surface area contributed by atoms with Gasteiger partial charge in [0.2, 0.25) is 0 Å². The minimum absolute atomic E-state index is 0.00941. The maximum atomic E-state index is 15.8. The number of aromatic nitrogens is 6. The molecule has 0 aliphatic heterocycles. The quantitative estimate of drug-likeness (QED) is 0.129. The van der Waals surface area contributed by atoms with Crippen LogP contribution in [0.25, 0.3) is 156 Å². The molecule has 6 aromatic heterocycles. The third-order valence-corrected chi connectivity index (χ3v) is 17.5. The molecular weight excluding hydrogens is 1150 g/mol. The summed E-state index contributed by atoms with van der Waals surface area (Å²) in [5.41, 5.74) is 17.5. The van der Waals surface area contributed by atoms with Crippen LogP contribution < -0.4 is 0 Å². The van der Waals surface area contributed by atoms with E-state index >= 15 is 13.2 Å². The van der Waals surface area contributed by atoms with E-state index in [0.717, 1.165) is 140 Å². The van der Waals surface area contributed by atoms with Crippen LogP contribution in [-0.4, -0.2) is 29.1 Å². The fourth-order valence-corrected chi connectivity index (χ4v) is 13.2. The fraction of sp³-hybridized carbons (Fsp3) is 0.0241. The third-order valence-electron chi connectivity index (χ3n) is 17.5. The van der Waals surface area contributed by atoms with E-state index in [4.69, 9.17) is 19.9 Å². The summed E-state index contributed by atoms with van der Waals surface area (Å²) in [6.07, 6.45) is -4.73. The fourth-order valence-electron chi connectivity index (χ4n) is 13.2. The van der Waals surface area contributed by atoms with Gasteiger partial charge < -0.3 is 9.13 Å². The molecule has 440 valence electrons. The third kappa shape index (κ3) is 10.1. The molecule has 0 fully saturated rings. The highest BCUT2D eigenvalue weighted by atomic mass is 19.4. The van der Waals surface area contributed by atoms with Crippen molar-refractivity contribution in [2.75, 3.05) is 0 Å². The number of hydrogen-bond acceptors (Lipinski definition) is 5. The summed E-state index contributed by atoms with van der Waals surface area (Å²) >= 11 is 0. The largest absolute Gasteiger partial charge is 0.417 e. The molecule has 16 aromatic rings. The Labute approximate surface area is 533 Å². The van der Waals surface area contributed by atoms with Crippen LogP contribution in [0.4, 0.5) is 13.2 Å². The van der Waals surface area contributed by atoms with Gasteiger partial charge in [-0.2, -0.15) is 18.4 Å². The van der Waals surface area contributed by atoms with Crippen molar-refractivity contribution in [3.8, 4) is 119 Å². The molecule has 0 aliphatic rings. The average molecular weight is 1200 g/mol. The lowest BCUT2D eigenvalue weighted by atomic mass is 9.92. The van der Waals surface area contributed by atoms with E-state index in [2.05, 4.69) is 30.3 Å². The molecule has 0 N–H and O–H groups in total. The number of benzene rings is 10. The van der Waals surface area contributed by atoms with Crippen molar-refractivity contribution in [2.24, 2.45) is 0 Å². The Balaban J connectivity index is 0.973. The Hall–Kier alpha value is -12.3. The van der Waals surface area contributed by atoms with Crippen molar-refractivity contribution in [1.82, 2.24) is 29.1 Å². The Morgan fingerprint density at radius 2 is 0.581 bits per heavy atom. The Morgan fingerprint density at radius 1 is 0.301 bits per heavy atom. The zero-order chi connectivity index (χ0) is 62.7. The summed E-state index contributed by atoms with van der Waals surface area (Å²) in [5, 5.41) is 15.5. The predicted molar refractivity (Wildman–Crippen MR) is 370 cm³/mol. The van der Waals surface area contributed by atoms with Crippen molar-refractivity contribution in [3.63, 3.8) is 0 Å². The Kier molecular flexibility index (Phi) is 13.8. The second-order valence-corrected chi connectivity index (χ2v) is 23.2. The number of rotatable bonds is 11. The van der Waals surface area contributed by atoms with Gasteiger partial charge in [0, 0.05) is 66.1 Å². The van der Waals surface area contributed by atoms with Gasteiger partial charge in [0.1, 0.15) is 11.6 Å². The number of nitrogens with zero attached hydrogens (tertiary/aromatic N) is 7. The molecule has 0 amide bonds. The van der Waals surface area contributed by atoms with E-state index in [1.807, 2.05) is 252 Å². The number of alkyl halides is 3. The van der Waals surface area contributed by atoms with Crippen LogP contribution in [0.15, 0.2) is 297 Å². The number of nitriles is 1. The zero-order valence-electron chi connectivity index (χ0n) is 50.1. The van der Waals surface area contributed by atoms with Crippen molar-refractivity contribution in [1.29, 1.82) is 5.26 Å². The highest BCUT2D eigenvalue weighted by molar-refractivity contribution is 6.14. The van der Waals surface area contributed by atoms with E-state index in [9.17, 15) is 5.26 Å². The van der Waals surface area contributed by atoms with Crippen molar-refractivity contribution in [2.45, 2.75) is 13.1 Å². The summed E-state index contributed by atoms with van der Waals surface area (Å²) in [7, 11) is 0. The molecule has 10 heteroatoms. The van der Waals surface area contributed by atoms with Crippen molar-refractivity contribution >= 4 is 43.6 Å². The maximum absolute atomic E-state index is 15.8. The molecule has 0 radical (unpaired) electrons. The lowest BCUT2D eigenvalue weighted by Gasteiger charge is -2.21. The van der Waals surface area contributed by atoms with E-state index in [1.54, 1.807) is 25.1 Å². The Morgan fingerprint density at radius 3 is 0.860 bits per heavy atom. The molecule has 0 aliphatic carbocycles. The van der Waals surface area contributed by atoms with Crippen LogP contribution in [0.1, 0.15) is 16.7 Å². The van der Waals surface area contributed by atoms with Crippen LogP contribution in [-0.2, 0) is 6.18 Å². The smallest absolute Gasteiger partial charge is 0.308 e. The van der Waals surface area contributed by atoms with Crippen molar-refractivity contribution in [3.05, 3.63) is 314 Å². The van der Waals surface area contributed by atoms with E-state index < -0.39 is 11.7 Å². The summed E-state index contributed by atoms with van der Waals surface area (Å²) < 4.78 is 51.3. The minimum Gasteiger partial charge on any atom is -0.308 e. The number of fused-ring (bicyclic) bond motifs is 6. The molecular formula is C83H52F3N7. The predicted octanol–water partition coefficient (Wildman–Crippen LogP) is 21.7. The molecule has 0 unspecified atom stereocenters. The van der Waals surface area contributed by atoms with E-state index in [0.29, 0.717) is 16.9 Å². The summed E-state index contributed by atoms with van der Waals surface area (Å²) in [6.45, 7) is 1.71. The molecule has 0 bridgehead atoms. The average Bonchev–Trinajstić information content (AvgIpc) is 1.59.